The lowest BCUT2D eigenvalue weighted by atomic mass is 9.72. The predicted molar refractivity (Wildman–Crippen MR) is 72.4 cm³/mol. The van der Waals surface area contributed by atoms with Gasteiger partial charge in [-0.15, -0.1) is 0 Å². The molecule has 1 aliphatic rings. The lowest BCUT2D eigenvalue weighted by Crippen LogP contribution is -2.50. The first kappa shape index (κ1) is 12.1. The molecule has 1 aliphatic carbocycles. The first-order chi connectivity index (χ1) is 7.45. The fourth-order valence-electron chi connectivity index (χ4n) is 2.74. The molecule has 1 nitrogen and oxygen atoms in total. The first-order valence-electron chi connectivity index (χ1n) is 5.97. The maximum absolute atomic E-state index is 6.62. The summed E-state index contributed by atoms with van der Waals surface area (Å²) in [5, 5.41) is 0. The van der Waals surface area contributed by atoms with E-state index in [0.717, 1.165) is 12.8 Å². The molecule has 1 aromatic carbocycles. The monoisotopic (exact) mass is 281 g/mol. The molecule has 0 saturated heterocycles. The van der Waals surface area contributed by atoms with Gasteiger partial charge < -0.3 is 5.73 Å². The van der Waals surface area contributed by atoms with Gasteiger partial charge in [0.2, 0.25) is 0 Å². The zero-order chi connectivity index (χ0) is 11.8. The van der Waals surface area contributed by atoms with Gasteiger partial charge in [-0.05, 0) is 36.3 Å². The minimum Gasteiger partial charge on any atom is -0.324 e. The van der Waals surface area contributed by atoms with Crippen molar-refractivity contribution in [1.29, 1.82) is 0 Å². The molecule has 1 fully saturated rings. The van der Waals surface area contributed by atoms with Crippen LogP contribution in [-0.2, 0) is 6.42 Å². The van der Waals surface area contributed by atoms with Crippen LogP contribution in [0.2, 0.25) is 0 Å². The third kappa shape index (κ3) is 2.05. The molecular weight excluding hydrogens is 262 g/mol. The van der Waals surface area contributed by atoms with Crippen LogP contribution in [0.1, 0.15) is 38.7 Å². The van der Waals surface area contributed by atoms with E-state index in [4.69, 9.17) is 5.73 Å². The molecule has 1 aromatic rings. The van der Waals surface area contributed by atoms with Crippen molar-refractivity contribution < 1.29 is 0 Å². The van der Waals surface area contributed by atoms with E-state index < -0.39 is 0 Å². The summed E-state index contributed by atoms with van der Waals surface area (Å²) < 4.78 is 1.18. The largest absolute Gasteiger partial charge is 0.324 e. The van der Waals surface area contributed by atoms with Crippen LogP contribution in [0.3, 0.4) is 0 Å². The quantitative estimate of drug-likeness (QED) is 0.874. The van der Waals surface area contributed by atoms with Gasteiger partial charge in [-0.25, -0.2) is 0 Å². The van der Waals surface area contributed by atoms with E-state index in [0.29, 0.717) is 0 Å². The molecule has 88 valence electrons. The van der Waals surface area contributed by atoms with Crippen LogP contribution in [-0.4, -0.2) is 5.54 Å². The molecule has 0 aliphatic heterocycles. The second-order valence-electron chi connectivity index (χ2n) is 5.66. The Morgan fingerprint density at radius 3 is 2.50 bits per heavy atom. The van der Waals surface area contributed by atoms with E-state index in [1.54, 1.807) is 0 Å². The summed E-state index contributed by atoms with van der Waals surface area (Å²) in [6.45, 7) is 4.60. The summed E-state index contributed by atoms with van der Waals surface area (Å²) in [5.74, 6) is 0. The third-order valence-corrected chi connectivity index (χ3v) is 5.01. The number of hydrogen-bond acceptors (Lipinski definition) is 1. The summed E-state index contributed by atoms with van der Waals surface area (Å²) in [6, 6.07) is 8.41. The topological polar surface area (TPSA) is 26.0 Å². The number of hydrogen-bond donors (Lipinski definition) is 1. The van der Waals surface area contributed by atoms with Gasteiger partial charge in [0.1, 0.15) is 0 Å². The molecule has 0 heterocycles. The van der Waals surface area contributed by atoms with Crippen LogP contribution in [0, 0.1) is 5.41 Å². The van der Waals surface area contributed by atoms with Gasteiger partial charge in [0.15, 0.2) is 0 Å². The van der Waals surface area contributed by atoms with Gasteiger partial charge in [-0.2, -0.15) is 0 Å². The number of halogens is 1. The van der Waals surface area contributed by atoms with E-state index in [1.165, 1.54) is 22.9 Å². The highest BCUT2D eigenvalue weighted by Crippen LogP contribution is 2.46. The second-order valence-corrected chi connectivity index (χ2v) is 6.52. The lowest BCUT2D eigenvalue weighted by Gasteiger charge is -2.38. The Labute approximate surface area is 107 Å². The van der Waals surface area contributed by atoms with Crippen molar-refractivity contribution in [2.75, 3.05) is 0 Å². The van der Waals surface area contributed by atoms with Crippen LogP contribution in [0.4, 0.5) is 0 Å². The van der Waals surface area contributed by atoms with Crippen molar-refractivity contribution in [3.63, 3.8) is 0 Å². The Morgan fingerprint density at radius 1 is 1.25 bits per heavy atom. The van der Waals surface area contributed by atoms with E-state index in [-0.39, 0.29) is 11.0 Å². The van der Waals surface area contributed by atoms with Crippen molar-refractivity contribution in [2.45, 2.75) is 45.1 Å². The van der Waals surface area contributed by atoms with Crippen molar-refractivity contribution in [3.05, 3.63) is 34.3 Å². The van der Waals surface area contributed by atoms with E-state index in [9.17, 15) is 0 Å². The fraction of sp³-hybridized carbons (Fsp3) is 0.571. The molecule has 0 bridgehead atoms. The van der Waals surface area contributed by atoms with Gasteiger partial charge in [0, 0.05) is 10.0 Å². The number of benzene rings is 1. The molecule has 2 rings (SSSR count). The average Bonchev–Trinajstić information content (AvgIpc) is 2.45. The average molecular weight is 282 g/mol. The standard InChI is InChI=1S/C14H20BrN/c1-13(2)8-5-9-14(13,16)10-11-6-3-4-7-12(11)15/h3-4,6-7H,5,8-10,16H2,1-2H3. The fourth-order valence-corrected chi connectivity index (χ4v) is 3.17. The molecule has 1 saturated carbocycles. The zero-order valence-corrected chi connectivity index (χ0v) is 11.7. The van der Waals surface area contributed by atoms with Crippen molar-refractivity contribution in [1.82, 2.24) is 0 Å². The molecule has 16 heavy (non-hydrogen) atoms. The molecule has 2 N–H and O–H groups in total. The van der Waals surface area contributed by atoms with Gasteiger partial charge >= 0.3 is 0 Å². The Bertz CT molecular complexity index is 386. The van der Waals surface area contributed by atoms with Gasteiger partial charge in [0.25, 0.3) is 0 Å². The van der Waals surface area contributed by atoms with E-state index in [1.807, 2.05) is 0 Å². The van der Waals surface area contributed by atoms with Gasteiger partial charge in [0.05, 0.1) is 0 Å². The van der Waals surface area contributed by atoms with E-state index >= 15 is 0 Å². The molecule has 1 unspecified atom stereocenters. The molecule has 2 heteroatoms. The Hall–Kier alpha value is -0.340. The number of nitrogens with two attached hydrogens (primary N) is 1. The molecule has 0 spiro atoms. The van der Waals surface area contributed by atoms with Gasteiger partial charge in [-0.1, -0.05) is 54.4 Å². The second kappa shape index (κ2) is 4.15. The Morgan fingerprint density at radius 2 is 1.94 bits per heavy atom. The number of rotatable bonds is 2. The van der Waals surface area contributed by atoms with Crippen LogP contribution < -0.4 is 5.73 Å². The Balaban J connectivity index is 2.25. The highest BCUT2D eigenvalue weighted by atomic mass is 79.9. The third-order valence-electron chi connectivity index (χ3n) is 4.24. The summed E-state index contributed by atoms with van der Waals surface area (Å²) in [7, 11) is 0. The van der Waals surface area contributed by atoms with Crippen LogP contribution in [0.15, 0.2) is 28.7 Å². The van der Waals surface area contributed by atoms with E-state index in [2.05, 4.69) is 54.0 Å². The molecular formula is C14H20BrN. The molecule has 0 radical (unpaired) electrons. The normalized spacial score (nSPS) is 28.2. The highest BCUT2D eigenvalue weighted by Gasteiger charge is 2.45. The maximum atomic E-state index is 6.62. The molecule has 1 atom stereocenters. The van der Waals surface area contributed by atoms with Crippen LogP contribution in [0.5, 0.6) is 0 Å². The first-order valence-corrected chi connectivity index (χ1v) is 6.76. The summed E-state index contributed by atoms with van der Waals surface area (Å²) >= 11 is 3.61. The summed E-state index contributed by atoms with van der Waals surface area (Å²) in [4.78, 5) is 0. The summed E-state index contributed by atoms with van der Waals surface area (Å²) in [5.41, 5.74) is 8.16. The lowest BCUT2D eigenvalue weighted by molar-refractivity contribution is 0.207. The van der Waals surface area contributed by atoms with Crippen molar-refractivity contribution in [2.24, 2.45) is 11.1 Å². The van der Waals surface area contributed by atoms with Crippen LogP contribution in [0.25, 0.3) is 0 Å². The Kier molecular flexibility index (Phi) is 3.15. The maximum Gasteiger partial charge on any atom is 0.0247 e. The predicted octanol–water partition coefficient (Wildman–Crippen LogP) is 3.90. The smallest absolute Gasteiger partial charge is 0.0247 e. The summed E-state index contributed by atoms with van der Waals surface area (Å²) in [6.07, 6.45) is 4.62. The van der Waals surface area contributed by atoms with Crippen molar-refractivity contribution >= 4 is 15.9 Å². The van der Waals surface area contributed by atoms with Gasteiger partial charge in [-0.3, -0.25) is 0 Å². The minimum absolute atomic E-state index is 0.0448. The van der Waals surface area contributed by atoms with Crippen LogP contribution >= 0.6 is 15.9 Å². The van der Waals surface area contributed by atoms with Crippen molar-refractivity contribution in [3.8, 4) is 0 Å². The zero-order valence-electron chi connectivity index (χ0n) is 10.1. The SMILES string of the molecule is CC1(C)CCCC1(N)Cc1ccccc1Br. The highest BCUT2D eigenvalue weighted by molar-refractivity contribution is 9.10. The molecule has 0 amide bonds. The minimum atomic E-state index is -0.0448. The molecule has 0 aromatic heterocycles.